The Labute approximate surface area is 131 Å². The van der Waals surface area contributed by atoms with Crippen LogP contribution in [0.2, 0.25) is 0 Å². The molecule has 1 aliphatic heterocycles. The Hall–Kier alpha value is -2.14. The largest absolute Gasteiger partial charge is 0.346 e. The van der Waals surface area contributed by atoms with Gasteiger partial charge in [0.2, 0.25) is 11.8 Å². The van der Waals surface area contributed by atoms with Gasteiger partial charge in [0.15, 0.2) is 0 Å². The number of amides is 2. The SMILES string of the molecule is CC(NC(=O)/C=C/CN(C)C)c1ccc2c(c1)CC(=O)N2C. The normalized spacial score (nSPS) is 15.5. The Kier molecular flexibility index (Phi) is 4.98. The number of nitrogens with one attached hydrogen (secondary N) is 1. The Morgan fingerprint density at radius 1 is 1.45 bits per heavy atom. The van der Waals surface area contributed by atoms with Crippen LogP contribution in [-0.2, 0) is 16.0 Å². The van der Waals surface area contributed by atoms with E-state index in [0.29, 0.717) is 6.42 Å². The molecule has 1 heterocycles. The third kappa shape index (κ3) is 3.74. The van der Waals surface area contributed by atoms with E-state index in [4.69, 9.17) is 0 Å². The van der Waals surface area contributed by atoms with Crippen LogP contribution in [0.5, 0.6) is 0 Å². The monoisotopic (exact) mass is 301 g/mol. The first-order chi connectivity index (χ1) is 10.4. The Morgan fingerprint density at radius 2 is 2.18 bits per heavy atom. The number of fused-ring (bicyclic) bond motifs is 1. The summed E-state index contributed by atoms with van der Waals surface area (Å²) in [5.74, 6) is -0.00139. The molecule has 0 bridgehead atoms. The molecule has 0 aromatic heterocycles. The van der Waals surface area contributed by atoms with Gasteiger partial charge >= 0.3 is 0 Å². The maximum absolute atomic E-state index is 11.9. The third-order valence-electron chi connectivity index (χ3n) is 3.78. The molecule has 5 nitrogen and oxygen atoms in total. The number of hydrogen-bond acceptors (Lipinski definition) is 3. The van der Waals surface area contributed by atoms with Gasteiger partial charge in [-0.1, -0.05) is 18.2 Å². The fourth-order valence-corrected chi connectivity index (χ4v) is 2.47. The van der Waals surface area contributed by atoms with Gasteiger partial charge in [0.05, 0.1) is 12.5 Å². The summed E-state index contributed by atoms with van der Waals surface area (Å²) in [5, 5.41) is 2.94. The summed E-state index contributed by atoms with van der Waals surface area (Å²) >= 11 is 0. The Balaban J connectivity index is 2.01. The van der Waals surface area contributed by atoms with Crippen LogP contribution in [0.15, 0.2) is 30.4 Å². The summed E-state index contributed by atoms with van der Waals surface area (Å²) in [7, 11) is 5.69. The number of benzene rings is 1. The van der Waals surface area contributed by atoms with E-state index >= 15 is 0 Å². The van der Waals surface area contributed by atoms with Crippen LogP contribution in [0.25, 0.3) is 0 Å². The van der Waals surface area contributed by atoms with Crippen LogP contribution in [0.4, 0.5) is 5.69 Å². The van der Waals surface area contributed by atoms with Crippen molar-refractivity contribution < 1.29 is 9.59 Å². The molecule has 0 saturated carbocycles. The fraction of sp³-hybridized carbons (Fsp3) is 0.412. The lowest BCUT2D eigenvalue weighted by Gasteiger charge is -2.15. The summed E-state index contributed by atoms with van der Waals surface area (Å²) in [6, 6.07) is 5.82. The van der Waals surface area contributed by atoms with Crippen molar-refractivity contribution >= 4 is 17.5 Å². The summed E-state index contributed by atoms with van der Waals surface area (Å²) in [6.45, 7) is 2.68. The van der Waals surface area contributed by atoms with Crippen LogP contribution in [0.3, 0.4) is 0 Å². The zero-order valence-corrected chi connectivity index (χ0v) is 13.6. The number of carbonyl (C=O) groups excluding carboxylic acids is 2. The molecule has 22 heavy (non-hydrogen) atoms. The second kappa shape index (κ2) is 6.75. The molecule has 1 aliphatic rings. The summed E-state index contributed by atoms with van der Waals surface area (Å²) in [4.78, 5) is 27.2. The van der Waals surface area contributed by atoms with Gasteiger partial charge in [-0.05, 0) is 38.2 Å². The lowest BCUT2D eigenvalue weighted by Crippen LogP contribution is -2.25. The molecule has 118 valence electrons. The minimum absolute atomic E-state index is 0.0946. The van der Waals surface area contributed by atoms with Gasteiger partial charge in [0, 0.05) is 25.4 Å². The van der Waals surface area contributed by atoms with E-state index in [-0.39, 0.29) is 17.9 Å². The standard InChI is InChI=1S/C17H23N3O2/c1-12(18-16(21)6-5-9-19(2)3)13-7-8-15-14(10-13)11-17(22)20(15)4/h5-8,10,12H,9,11H2,1-4H3,(H,18,21)/b6-5+. The van der Waals surface area contributed by atoms with Crippen molar-refractivity contribution in [3.05, 3.63) is 41.5 Å². The van der Waals surface area contributed by atoms with Crippen LogP contribution in [0, 0.1) is 0 Å². The maximum atomic E-state index is 11.9. The highest BCUT2D eigenvalue weighted by Gasteiger charge is 2.24. The van der Waals surface area contributed by atoms with E-state index in [2.05, 4.69) is 5.32 Å². The minimum atomic E-state index is -0.108. The number of anilines is 1. The predicted molar refractivity (Wildman–Crippen MR) is 87.8 cm³/mol. The predicted octanol–water partition coefficient (Wildman–Crippen LogP) is 1.50. The average molecular weight is 301 g/mol. The second-order valence-electron chi connectivity index (χ2n) is 5.91. The molecular weight excluding hydrogens is 278 g/mol. The van der Waals surface area contributed by atoms with Crippen LogP contribution in [-0.4, -0.2) is 44.4 Å². The number of nitrogens with zero attached hydrogens (tertiary/aromatic N) is 2. The number of rotatable bonds is 5. The molecule has 1 unspecified atom stereocenters. The van der Waals surface area contributed by atoms with Gasteiger partial charge in [-0.2, -0.15) is 0 Å². The molecule has 1 aromatic carbocycles. The van der Waals surface area contributed by atoms with Crippen LogP contribution in [0.1, 0.15) is 24.1 Å². The molecule has 2 rings (SSSR count). The highest BCUT2D eigenvalue weighted by Crippen LogP contribution is 2.30. The molecule has 2 amide bonds. The first-order valence-corrected chi connectivity index (χ1v) is 7.39. The minimum Gasteiger partial charge on any atom is -0.346 e. The molecule has 0 aliphatic carbocycles. The highest BCUT2D eigenvalue weighted by molar-refractivity contribution is 6.01. The first kappa shape index (κ1) is 16.2. The van der Waals surface area contributed by atoms with Gasteiger partial charge in [0.25, 0.3) is 0 Å². The van der Waals surface area contributed by atoms with Crippen molar-refractivity contribution in [1.82, 2.24) is 10.2 Å². The van der Waals surface area contributed by atoms with E-state index in [0.717, 1.165) is 23.4 Å². The lowest BCUT2D eigenvalue weighted by molar-refractivity contribution is -0.118. The average Bonchev–Trinajstić information content (AvgIpc) is 2.73. The van der Waals surface area contributed by atoms with Gasteiger partial charge in [-0.3, -0.25) is 9.59 Å². The topological polar surface area (TPSA) is 52.7 Å². The van der Waals surface area contributed by atoms with Crippen molar-refractivity contribution in [3.8, 4) is 0 Å². The van der Waals surface area contributed by atoms with E-state index in [1.165, 1.54) is 0 Å². The number of hydrogen-bond donors (Lipinski definition) is 1. The van der Waals surface area contributed by atoms with E-state index in [9.17, 15) is 9.59 Å². The molecule has 0 radical (unpaired) electrons. The van der Waals surface area contributed by atoms with Gasteiger partial charge < -0.3 is 15.1 Å². The number of carbonyl (C=O) groups is 2. The van der Waals surface area contributed by atoms with E-state index < -0.39 is 0 Å². The Morgan fingerprint density at radius 3 is 2.86 bits per heavy atom. The number of likely N-dealkylation sites (N-methyl/N-ethyl adjacent to an activating group) is 2. The van der Waals surface area contributed by atoms with Crippen molar-refractivity contribution in [3.63, 3.8) is 0 Å². The lowest BCUT2D eigenvalue weighted by atomic mass is 10.0. The molecule has 1 N–H and O–H groups in total. The quantitative estimate of drug-likeness (QED) is 0.839. The van der Waals surface area contributed by atoms with E-state index in [1.807, 2.05) is 50.2 Å². The first-order valence-electron chi connectivity index (χ1n) is 7.39. The van der Waals surface area contributed by atoms with Crippen molar-refractivity contribution in [2.45, 2.75) is 19.4 Å². The fourth-order valence-electron chi connectivity index (χ4n) is 2.47. The van der Waals surface area contributed by atoms with Gasteiger partial charge in [0.1, 0.15) is 0 Å². The van der Waals surface area contributed by atoms with Crippen LogP contribution < -0.4 is 10.2 Å². The van der Waals surface area contributed by atoms with Crippen molar-refractivity contribution in [2.75, 3.05) is 32.6 Å². The molecule has 1 aromatic rings. The summed E-state index contributed by atoms with van der Waals surface area (Å²) < 4.78 is 0. The smallest absolute Gasteiger partial charge is 0.244 e. The summed E-state index contributed by atoms with van der Waals surface area (Å²) in [6.07, 6.45) is 3.82. The van der Waals surface area contributed by atoms with Gasteiger partial charge in [-0.25, -0.2) is 0 Å². The maximum Gasteiger partial charge on any atom is 0.244 e. The molecule has 0 spiro atoms. The van der Waals surface area contributed by atoms with Crippen molar-refractivity contribution in [1.29, 1.82) is 0 Å². The molecular formula is C17H23N3O2. The molecule has 0 fully saturated rings. The molecule has 5 heteroatoms. The molecule has 1 atom stereocenters. The van der Waals surface area contributed by atoms with Crippen molar-refractivity contribution in [2.24, 2.45) is 0 Å². The molecule has 0 saturated heterocycles. The van der Waals surface area contributed by atoms with Crippen LogP contribution >= 0.6 is 0 Å². The zero-order valence-electron chi connectivity index (χ0n) is 13.6. The van der Waals surface area contributed by atoms with E-state index in [1.54, 1.807) is 18.0 Å². The third-order valence-corrected chi connectivity index (χ3v) is 3.78. The van der Waals surface area contributed by atoms with Gasteiger partial charge in [-0.15, -0.1) is 0 Å². The Bertz CT molecular complexity index is 608. The summed E-state index contributed by atoms with van der Waals surface area (Å²) in [5.41, 5.74) is 2.99. The highest BCUT2D eigenvalue weighted by atomic mass is 16.2. The second-order valence-corrected chi connectivity index (χ2v) is 5.91. The zero-order chi connectivity index (χ0) is 16.3.